The number of hydrogen-bond acceptors (Lipinski definition) is 5. The van der Waals surface area contributed by atoms with Crippen molar-refractivity contribution in [2.24, 2.45) is 0 Å². The van der Waals surface area contributed by atoms with E-state index in [1.54, 1.807) is 0 Å². The van der Waals surface area contributed by atoms with Gasteiger partial charge in [-0.1, -0.05) is 25.1 Å². The summed E-state index contributed by atoms with van der Waals surface area (Å²) in [7, 11) is 0. The van der Waals surface area contributed by atoms with Crippen LogP contribution >= 0.6 is 0 Å². The zero-order valence-electron chi connectivity index (χ0n) is 19.4. The first-order valence-corrected chi connectivity index (χ1v) is 11.5. The number of aromatic nitrogens is 3. The molecule has 1 N–H and O–H groups in total. The number of H-pyrrole nitrogens is 1. The maximum absolute atomic E-state index is 13.5. The van der Waals surface area contributed by atoms with Crippen LogP contribution in [0.1, 0.15) is 66.6 Å². The molecule has 4 rings (SSSR count). The largest absolute Gasteiger partial charge is 0.463 e. The Labute approximate surface area is 195 Å². The Morgan fingerprint density at radius 2 is 1.97 bits per heavy atom. The quantitative estimate of drug-likeness (QED) is 0.583. The summed E-state index contributed by atoms with van der Waals surface area (Å²) in [6.07, 6.45) is 2.61. The van der Waals surface area contributed by atoms with Gasteiger partial charge in [-0.25, -0.2) is 0 Å². The second-order valence-corrected chi connectivity index (χ2v) is 8.38. The van der Waals surface area contributed by atoms with Crippen molar-refractivity contribution in [1.29, 1.82) is 5.26 Å². The van der Waals surface area contributed by atoms with E-state index >= 15 is 0 Å². The van der Waals surface area contributed by atoms with E-state index in [0.29, 0.717) is 43.0 Å². The molecule has 0 aliphatic carbocycles. The van der Waals surface area contributed by atoms with Crippen molar-refractivity contribution in [1.82, 2.24) is 20.1 Å². The molecule has 0 spiro atoms. The highest BCUT2D eigenvalue weighted by atomic mass is 16.5. The molecule has 1 fully saturated rings. The van der Waals surface area contributed by atoms with Gasteiger partial charge in [0.25, 0.3) is 5.91 Å². The first kappa shape index (κ1) is 22.5. The molecule has 0 unspecified atom stereocenters. The molecule has 0 bridgehead atoms. The molecule has 1 aromatic heterocycles. The van der Waals surface area contributed by atoms with Crippen molar-refractivity contribution in [2.75, 3.05) is 19.7 Å². The Morgan fingerprint density at radius 1 is 1.24 bits per heavy atom. The summed E-state index contributed by atoms with van der Waals surface area (Å²) in [5.41, 5.74) is 5.59. The lowest BCUT2D eigenvalue weighted by Crippen LogP contribution is -2.38. The lowest BCUT2D eigenvalue weighted by Gasteiger charge is -2.33. The molecule has 2 heterocycles. The summed E-state index contributed by atoms with van der Waals surface area (Å²) in [6.45, 7) is 7.91. The number of carbonyl (C=O) groups is 1. The van der Waals surface area contributed by atoms with Gasteiger partial charge in [0, 0.05) is 25.6 Å². The van der Waals surface area contributed by atoms with E-state index in [9.17, 15) is 4.79 Å². The molecule has 3 aromatic rings. The predicted octanol–water partition coefficient (Wildman–Crippen LogP) is 4.88. The SMILES string of the molecule is CCOc1n[nH]c(-c2cc(C(=O)N3CCC(c4ccc(C#N)cc4)CC3)c(CC)cc2C)n1.[HH]. The monoisotopic (exact) mass is 445 g/mol. The van der Waals surface area contributed by atoms with E-state index in [2.05, 4.69) is 34.2 Å². The molecule has 1 amide bonds. The molecule has 0 radical (unpaired) electrons. The number of hydrogen-bond donors (Lipinski definition) is 1. The number of nitriles is 1. The van der Waals surface area contributed by atoms with Gasteiger partial charge in [0.2, 0.25) is 0 Å². The van der Waals surface area contributed by atoms with E-state index in [4.69, 9.17) is 10.00 Å². The van der Waals surface area contributed by atoms with E-state index in [1.165, 1.54) is 5.56 Å². The zero-order valence-corrected chi connectivity index (χ0v) is 19.4. The highest BCUT2D eigenvalue weighted by Gasteiger charge is 2.26. The number of aromatic amines is 1. The molecule has 7 heteroatoms. The van der Waals surface area contributed by atoms with E-state index in [-0.39, 0.29) is 7.33 Å². The Hall–Kier alpha value is -3.66. The summed E-state index contributed by atoms with van der Waals surface area (Å²) in [5.74, 6) is 1.08. The second kappa shape index (κ2) is 9.86. The van der Waals surface area contributed by atoms with Crippen LogP contribution in [0.2, 0.25) is 0 Å². The summed E-state index contributed by atoms with van der Waals surface area (Å²) in [4.78, 5) is 19.9. The van der Waals surface area contributed by atoms with Gasteiger partial charge in [-0.3, -0.25) is 9.89 Å². The topological polar surface area (TPSA) is 94.9 Å². The number of ether oxygens (including phenoxy) is 1. The van der Waals surface area contributed by atoms with Gasteiger partial charge in [-0.05, 0) is 73.9 Å². The van der Waals surface area contributed by atoms with Crippen LogP contribution in [0.15, 0.2) is 36.4 Å². The van der Waals surface area contributed by atoms with Crippen LogP contribution in [0.5, 0.6) is 6.01 Å². The summed E-state index contributed by atoms with van der Waals surface area (Å²) in [5, 5.41) is 16.0. The van der Waals surface area contributed by atoms with Gasteiger partial charge < -0.3 is 9.64 Å². The average Bonchev–Trinajstić information content (AvgIpc) is 3.32. The number of rotatable bonds is 6. The van der Waals surface area contributed by atoms with Gasteiger partial charge >= 0.3 is 6.01 Å². The third kappa shape index (κ3) is 4.75. The first-order chi connectivity index (χ1) is 16.0. The van der Waals surface area contributed by atoms with Gasteiger partial charge in [-0.15, -0.1) is 5.10 Å². The Kier molecular flexibility index (Phi) is 6.74. The van der Waals surface area contributed by atoms with Gasteiger partial charge in [-0.2, -0.15) is 10.2 Å². The zero-order chi connectivity index (χ0) is 23.4. The average molecular weight is 446 g/mol. The fourth-order valence-corrected chi connectivity index (χ4v) is 4.49. The summed E-state index contributed by atoms with van der Waals surface area (Å²) >= 11 is 0. The molecule has 1 aliphatic rings. The number of aryl methyl sites for hydroxylation is 2. The van der Waals surface area contributed by atoms with Crippen molar-refractivity contribution in [3.8, 4) is 23.5 Å². The Bertz CT molecular complexity index is 1170. The fraction of sp³-hybridized carbons (Fsp3) is 0.385. The van der Waals surface area contributed by atoms with Crippen molar-refractivity contribution < 1.29 is 11.0 Å². The molecule has 1 saturated heterocycles. The highest BCUT2D eigenvalue weighted by molar-refractivity contribution is 5.97. The van der Waals surface area contributed by atoms with Crippen LogP contribution in [0.3, 0.4) is 0 Å². The number of likely N-dealkylation sites (tertiary alicyclic amines) is 1. The second-order valence-electron chi connectivity index (χ2n) is 8.38. The van der Waals surface area contributed by atoms with Crippen LogP contribution in [0.4, 0.5) is 0 Å². The number of amides is 1. The number of piperidine rings is 1. The number of benzene rings is 2. The third-order valence-corrected chi connectivity index (χ3v) is 6.35. The number of carbonyl (C=O) groups excluding carboxylic acids is 1. The summed E-state index contributed by atoms with van der Waals surface area (Å²) in [6, 6.07) is 14.3. The predicted molar refractivity (Wildman–Crippen MR) is 128 cm³/mol. The minimum absolute atomic E-state index is 0. The van der Waals surface area contributed by atoms with Crippen LogP contribution in [0, 0.1) is 18.3 Å². The molecular weight excluding hydrogens is 414 g/mol. The van der Waals surface area contributed by atoms with Gasteiger partial charge in [0.1, 0.15) is 0 Å². The highest BCUT2D eigenvalue weighted by Crippen LogP contribution is 2.31. The fourth-order valence-electron chi connectivity index (χ4n) is 4.49. The molecule has 0 saturated carbocycles. The first-order valence-electron chi connectivity index (χ1n) is 11.5. The van der Waals surface area contributed by atoms with Crippen LogP contribution < -0.4 is 4.74 Å². The van der Waals surface area contributed by atoms with E-state index < -0.39 is 0 Å². The number of nitrogens with zero attached hydrogens (tertiary/aromatic N) is 4. The Morgan fingerprint density at radius 3 is 2.61 bits per heavy atom. The lowest BCUT2D eigenvalue weighted by molar-refractivity contribution is 0.0712. The van der Waals surface area contributed by atoms with Gasteiger partial charge in [0.15, 0.2) is 5.82 Å². The standard InChI is InChI=1S/C26H29N5O2.H2/c1-4-19-14-17(3)22(24-28-26(30-29-24)33-5-2)15-23(19)25(32)31-12-10-21(11-13-31)20-8-6-18(16-27)7-9-20;/h6-9,14-15,21H,4-5,10-13H2,1-3H3,(H,28,29,30);1H. The van der Waals surface area contributed by atoms with Crippen molar-refractivity contribution in [2.45, 2.75) is 46.0 Å². The molecular formula is C26H31N5O2. The number of nitrogens with one attached hydrogen (secondary N) is 1. The molecule has 1 aliphatic heterocycles. The van der Waals surface area contributed by atoms with E-state index in [1.807, 2.05) is 49.1 Å². The van der Waals surface area contributed by atoms with Crippen molar-refractivity contribution >= 4 is 5.91 Å². The normalized spacial score (nSPS) is 14.2. The maximum Gasteiger partial charge on any atom is 0.335 e. The molecule has 7 nitrogen and oxygen atoms in total. The third-order valence-electron chi connectivity index (χ3n) is 6.35. The minimum Gasteiger partial charge on any atom is -0.463 e. The van der Waals surface area contributed by atoms with E-state index in [0.717, 1.165) is 41.5 Å². The van der Waals surface area contributed by atoms with Crippen LogP contribution in [-0.4, -0.2) is 45.7 Å². The molecule has 0 atom stereocenters. The minimum atomic E-state index is 0. The Balaban J connectivity index is 0.00000324. The van der Waals surface area contributed by atoms with Crippen LogP contribution in [-0.2, 0) is 6.42 Å². The maximum atomic E-state index is 13.5. The molecule has 172 valence electrons. The molecule has 33 heavy (non-hydrogen) atoms. The smallest absolute Gasteiger partial charge is 0.335 e. The van der Waals surface area contributed by atoms with Crippen molar-refractivity contribution in [3.63, 3.8) is 0 Å². The lowest BCUT2D eigenvalue weighted by atomic mass is 9.88. The van der Waals surface area contributed by atoms with Gasteiger partial charge in [0.05, 0.1) is 18.2 Å². The van der Waals surface area contributed by atoms with Crippen molar-refractivity contribution in [3.05, 3.63) is 64.2 Å². The summed E-state index contributed by atoms with van der Waals surface area (Å²) < 4.78 is 5.38. The molecule has 2 aromatic carbocycles. The van der Waals surface area contributed by atoms with Crippen LogP contribution in [0.25, 0.3) is 11.4 Å².